The van der Waals surface area contributed by atoms with Crippen LogP contribution in [0.5, 0.6) is 5.75 Å². The summed E-state index contributed by atoms with van der Waals surface area (Å²) in [6, 6.07) is 23.7. The Hall–Kier alpha value is -4.17. The van der Waals surface area contributed by atoms with Crippen LogP contribution in [0.1, 0.15) is 27.0 Å². The Bertz CT molecular complexity index is 1540. The summed E-state index contributed by atoms with van der Waals surface area (Å²) in [7, 11) is 1.61. The number of halogens is 1. The number of carbonyl (C=O) groups is 1. The van der Waals surface area contributed by atoms with Gasteiger partial charge in [0.15, 0.2) is 5.16 Å². The predicted molar refractivity (Wildman–Crippen MR) is 143 cm³/mol. The Balaban J connectivity index is 1.26. The molecule has 0 unspecified atom stereocenters. The molecule has 1 N–H and O–H groups in total. The van der Waals surface area contributed by atoms with Crippen LogP contribution in [0, 0.1) is 5.82 Å². The molecule has 2 heterocycles. The number of hydrogen-bond acceptors (Lipinski definition) is 5. The van der Waals surface area contributed by atoms with Crippen LogP contribution in [0.2, 0.25) is 0 Å². The first-order valence-corrected chi connectivity index (χ1v) is 12.8. The number of amides is 1. The van der Waals surface area contributed by atoms with Gasteiger partial charge in [0.05, 0.1) is 30.9 Å². The number of benzene rings is 3. The van der Waals surface area contributed by atoms with Crippen LogP contribution >= 0.6 is 11.8 Å². The van der Waals surface area contributed by atoms with E-state index in [9.17, 15) is 9.18 Å². The van der Waals surface area contributed by atoms with Crippen molar-refractivity contribution in [3.8, 4) is 5.75 Å². The highest BCUT2D eigenvalue weighted by Crippen LogP contribution is 2.28. The summed E-state index contributed by atoms with van der Waals surface area (Å²) in [5.74, 6) is 0.997. The first kappa shape index (κ1) is 24.5. The molecule has 0 atom stereocenters. The lowest BCUT2D eigenvalue weighted by Crippen LogP contribution is -2.23. The number of nitrogens with zero attached hydrogens (tertiary/aromatic N) is 3. The van der Waals surface area contributed by atoms with Gasteiger partial charge in [-0.3, -0.25) is 9.78 Å². The maximum absolute atomic E-state index is 14.4. The smallest absolute Gasteiger partial charge is 0.251 e. The van der Waals surface area contributed by atoms with Gasteiger partial charge in [-0.1, -0.05) is 60.3 Å². The summed E-state index contributed by atoms with van der Waals surface area (Å²) in [4.78, 5) is 21.6. The Morgan fingerprint density at radius 2 is 1.76 bits per heavy atom. The van der Waals surface area contributed by atoms with Gasteiger partial charge < -0.3 is 14.6 Å². The Morgan fingerprint density at radius 3 is 2.54 bits per heavy atom. The highest BCUT2D eigenvalue weighted by Gasteiger charge is 2.14. The minimum atomic E-state index is -0.247. The Kier molecular flexibility index (Phi) is 7.46. The Labute approximate surface area is 218 Å². The number of imidazole rings is 1. The number of methoxy groups -OCH3 is 1. The third kappa shape index (κ3) is 5.65. The summed E-state index contributed by atoms with van der Waals surface area (Å²) in [6.45, 7) is 0.746. The molecule has 5 rings (SSSR count). The molecule has 3 aromatic carbocycles. The van der Waals surface area contributed by atoms with Crippen LogP contribution in [0.15, 0.2) is 96.4 Å². The van der Waals surface area contributed by atoms with Crippen molar-refractivity contribution in [3.05, 3.63) is 119 Å². The van der Waals surface area contributed by atoms with E-state index in [2.05, 4.69) is 10.3 Å². The summed E-state index contributed by atoms with van der Waals surface area (Å²) < 4.78 is 21.7. The number of rotatable bonds is 9. The molecule has 0 radical (unpaired) electrons. The average Bonchev–Trinajstić information content (AvgIpc) is 3.29. The fourth-order valence-electron chi connectivity index (χ4n) is 4.03. The molecule has 6 nitrogen and oxygen atoms in total. The van der Waals surface area contributed by atoms with Crippen LogP contribution in [0.25, 0.3) is 11.0 Å². The number of aromatic nitrogens is 3. The van der Waals surface area contributed by atoms with E-state index in [1.807, 2.05) is 65.2 Å². The summed E-state index contributed by atoms with van der Waals surface area (Å²) in [5.41, 5.74) is 4.82. The van der Waals surface area contributed by atoms with Gasteiger partial charge >= 0.3 is 0 Å². The summed E-state index contributed by atoms with van der Waals surface area (Å²) in [5, 5.41) is 3.73. The SMILES string of the molecule is COc1ccccc1CNC(=O)c1ccc(CSc2nc3ccncc3n2Cc2ccccc2F)cc1. The van der Waals surface area contributed by atoms with E-state index >= 15 is 0 Å². The molecular weight excluding hydrogens is 487 g/mol. The van der Waals surface area contributed by atoms with Crippen molar-refractivity contribution in [1.82, 2.24) is 19.9 Å². The monoisotopic (exact) mass is 512 g/mol. The van der Waals surface area contributed by atoms with Gasteiger partial charge in [0.1, 0.15) is 11.6 Å². The van der Waals surface area contributed by atoms with E-state index in [-0.39, 0.29) is 11.7 Å². The standard InChI is InChI=1S/C29H25FN4O2S/c1-36-27-9-5-3-6-22(27)16-32-28(35)21-12-10-20(11-13-21)19-37-29-33-25-14-15-31-17-26(25)34(29)18-23-7-2-4-8-24(23)30/h2-15,17H,16,18-19H2,1H3,(H,32,35). The number of fused-ring (bicyclic) bond motifs is 1. The van der Waals surface area contributed by atoms with E-state index < -0.39 is 0 Å². The van der Waals surface area contributed by atoms with Crippen molar-refractivity contribution in [2.45, 2.75) is 24.0 Å². The maximum Gasteiger partial charge on any atom is 0.251 e. The van der Waals surface area contributed by atoms with Gasteiger partial charge in [-0.2, -0.15) is 0 Å². The summed E-state index contributed by atoms with van der Waals surface area (Å²) in [6.07, 6.45) is 3.46. The van der Waals surface area contributed by atoms with Crippen LogP contribution in [0.3, 0.4) is 0 Å². The second-order valence-corrected chi connectivity index (χ2v) is 9.36. The number of thioether (sulfide) groups is 1. The molecule has 186 valence electrons. The minimum Gasteiger partial charge on any atom is -0.496 e. The van der Waals surface area contributed by atoms with E-state index in [0.717, 1.165) is 33.1 Å². The number of hydrogen-bond donors (Lipinski definition) is 1. The van der Waals surface area contributed by atoms with Gasteiger partial charge in [-0.15, -0.1) is 0 Å². The number of nitrogens with one attached hydrogen (secondary N) is 1. The predicted octanol–water partition coefficient (Wildman–Crippen LogP) is 5.85. The lowest BCUT2D eigenvalue weighted by atomic mass is 10.1. The zero-order valence-electron chi connectivity index (χ0n) is 20.2. The second kappa shape index (κ2) is 11.3. The van der Waals surface area contributed by atoms with Crippen molar-refractivity contribution in [2.75, 3.05) is 7.11 Å². The largest absolute Gasteiger partial charge is 0.496 e. The fraction of sp³-hybridized carbons (Fsp3) is 0.138. The topological polar surface area (TPSA) is 69.0 Å². The first-order chi connectivity index (χ1) is 18.1. The highest BCUT2D eigenvalue weighted by atomic mass is 32.2. The lowest BCUT2D eigenvalue weighted by molar-refractivity contribution is 0.0950. The molecule has 0 saturated heterocycles. The van der Waals surface area contributed by atoms with Gasteiger partial charge in [0, 0.05) is 35.2 Å². The third-order valence-electron chi connectivity index (χ3n) is 6.02. The van der Waals surface area contributed by atoms with Crippen molar-refractivity contribution in [3.63, 3.8) is 0 Å². The quantitative estimate of drug-likeness (QED) is 0.251. The zero-order chi connectivity index (χ0) is 25.6. The van der Waals surface area contributed by atoms with Crippen molar-refractivity contribution in [2.24, 2.45) is 0 Å². The molecule has 0 aliphatic rings. The Morgan fingerprint density at radius 1 is 1.00 bits per heavy atom. The molecule has 0 saturated carbocycles. The van der Waals surface area contributed by atoms with E-state index in [1.165, 1.54) is 6.07 Å². The molecular formula is C29H25FN4O2S. The summed E-state index contributed by atoms with van der Waals surface area (Å²) >= 11 is 1.56. The van der Waals surface area contributed by atoms with E-state index in [4.69, 9.17) is 9.72 Å². The van der Waals surface area contributed by atoms with Crippen molar-refractivity contribution >= 4 is 28.7 Å². The van der Waals surface area contributed by atoms with Gasteiger partial charge in [0.25, 0.3) is 5.91 Å². The number of ether oxygens (including phenoxy) is 1. The van der Waals surface area contributed by atoms with Crippen molar-refractivity contribution in [1.29, 1.82) is 0 Å². The molecule has 1 amide bonds. The molecule has 5 aromatic rings. The van der Waals surface area contributed by atoms with E-state index in [1.54, 1.807) is 43.4 Å². The first-order valence-electron chi connectivity index (χ1n) is 11.8. The van der Waals surface area contributed by atoms with Gasteiger partial charge in [0.2, 0.25) is 0 Å². The molecule has 0 fully saturated rings. The molecule has 0 spiro atoms. The third-order valence-corrected chi connectivity index (χ3v) is 7.07. The zero-order valence-corrected chi connectivity index (χ0v) is 21.0. The van der Waals surface area contributed by atoms with E-state index in [0.29, 0.717) is 30.0 Å². The fourth-order valence-corrected chi connectivity index (χ4v) is 5.00. The molecule has 8 heteroatoms. The molecule has 0 bridgehead atoms. The number of pyridine rings is 1. The normalized spacial score (nSPS) is 11.0. The van der Waals surface area contributed by atoms with Crippen LogP contribution in [0.4, 0.5) is 4.39 Å². The minimum absolute atomic E-state index is 0.149. The number of para-hydroxylation sites is 1. The van der Waals surface area contributed by atoms with Crippen LogP contribution in [-0.4, -0.2) is 27.6 Å². The molecule has 0 aliphatic heterocycles. The number of carbonyl (C=O) groups excluding carboxylic acids is 1. The van der Waals surface area contributed by atoms with Crippen LogP contribution < -0.4 is 10.1 Å². The van der Waals surface area contributed by atoms with Crippen LogP contribution in [-0.2, 0) is 18.8 Å². The van der Waals surface area contributed by atoms with Crippen molar-refractivity contribution < 1.29 is 13.9 Å². The highest BCUT2D eigenvalue weighted by molar-refractivity contribution is 7.98. The molecule has 2 aromatic heterocycles. The van der Waals surface area contributed by atoms with Gasteiger partial charge in [-0.25, -0.2) is 9.37 Å². The lowest BCUT2D eigenvalue weighted by Gasteiger charge is -2.11. The van der Waals surface area contributed by atoms with Gasteiger partial charge in [-0.05, 0) is 35.9 Å². The second-order valence-electron chi connectivity index (χ2n) is 8.42. The average molecular weight is 513 g/mol. The molecule has 0 aliphatic carbocycles. The maximum atomic E-state index is 14.4. The molecule has 37 heavy (non-hydrogen) atoms.